The summed E-state index contributed by atoms with van der Waals surface area (Å²) in [6, 6.07) is 0. The number of rotatable bonds is 8. The summed E-state index contributed by atoms with van der Waals surface area (Å²) < 4.78 is 9.97. The average Bonchev–Trinajstić information content (AvgIpc) is 2.15. The maximum atomic E-state index is 10.9. The van der Waals surface area contributed by atoms with E-state index in [2.05, 4.69) is 6.58 Å². The molecule has 15 heavy (non-hydrogen) atoms. The van der Waals surface area contributed by atoms with Gasteiger partial charge >= 0.3 is 5.97 Å². The highest BCUT2D eigenvalue weighted by atomic mass is 16.7. The minimum Gasteiger partial charge on any atom is -0.460 e. The first-order chi connectivity index (χ1) is 7.04. The Morgan fingerprint density at radius 3 is 2.33 bits per heavy atom. The summed E-state index contributed by atoms with van der Waals surface area (Å²) in [5.74, 6) is -0.386. The molecule has 0 saturated carbocycles. The largest absolute Gasteiger partial charge is 0.460 e. The van der Waals surface area contributed by atoms with Gasteiger partial charge in [0, 0.05) is 19.7 Å². The summed E-state index contributed by atoms with van der Waals surface area (Å²) in [6.07, 6.45) is 0. The summed E-state index contributed by atoms with van der Waals surface area (Å²) in [7, 11) is 3.60. The molecule has 0 atom stereocenters. The van der Waals surface area contributed by atoms with Crippen LogP contribution in [0.15, 0.2) is 12.2 Å². The summed E-state index contributed by atoms with van der Waals surface area (Å²) in [6.45, 7) is 6.64. The van der Waals surface area contributed by atoms with Crippen molar-refractivity contribution in [2.24, 2.45) is 0 Å². The van der Waals surface area contributed by atoms with Gasteiger partial charge in [-0.25, -0.2) is 4.79 Å². The summed E-state index contributed by atoms with van der Waals surface area (Å²) in [5, 5.41) is 1.60. The second kappa shape index (κ2) is 8.40. The fourth-order valence-electron chi connectivity index (χ4n) is 0.697. The van der Waals surface area contributed by atoms with E-state index in [1.165, 1.54) is 0 Å². The Morgan fingerprint density at radius 1 is 1.20 bits per heavy atom. The zero-order chi connectivity index (χ0) is 11.7. The second-order valence-electron chi connectivity index (χ2n) is 3.17. The van der Waals surface area contributed by atoms with Crippen LogP contribution in [0.5, 0.6) is 0 Å². The highest BCUT2D eigenvalue weighted by molar-refractivity contribution is 5.86. The summed E-state index contributed by atoms with van der Waals surface area (Å²) in [5.41, 5.74) is 0.394. The number of carbonyl (C=O) groups excluding carboxylic acids is 1. The van der Waals surface area contributed by atoms with Crippen molar-refractivity contribution >= 4 is 5.97 Å². The minimum atomic E-state index is -0.386. The molecular formula is C10H19NO4. The Bertz CT molecular complexity index is 204. The van der Waals surface area contributed by atoms with E-state index in [-0.39, 0.29) is 12.6 Å². The van der Waals surface area contributed by atoms with Crippen LogP contribution in [0.2, 0.25) is 0 Å². The van der Waals surface area contributed by atoms with Gasteiger partial charge in [0.25, 0.3) is 0 Å². The van der Waals surface area contributed by atoms with Crippen molar-refractivity contribution in [2.75, 3.05) is 40.5 Å². The van der Waals surface area contributed by atoms with E-state index in [1.54, 1.807) is 26.1 Å². The number of ether oxygens (including phenoxy) is 2. The highest BCUT2D eigenvalue weighted by Gasteiger charge is 2.01. The molecule has 0 amide bonds. The van der Waals surface area contributed by atoms with E-state index in [9.17, 15) is 4.79 Å². The molecule has 88 valence electrons. The molecule has 0 radical (unpaired) electrons. The number of hydrogen-bond acceptors (Lipinski definition) is 5. The van der Waals surface area contributed by atoms with Crippen molar-refractivity contribution in [3.05, 3.63) is 12.2 Å². The summed E-state index contributed by atoms with van der Waals surface area (Å²) >= 11 is 0. The Labute approximate surface area is 90.6 Å². The molecule has 0 aromatic heterocycles. The zero-order valence-electron chi connectivity index (χ0n) is 9.62. The number of esters is 1. The van der Waals surface area contributed by atoms with Crippen LogP contribution in [0.4, 0.5) is 0 Å². The first-order valence-corrected chi connectivity index (χ1v) is 4.74. The zero-order valence-corrected chi connectivity index (χ0v) is 9.62. The Balaban J connectivity index is 3.18. The third-order valence-electron chi connectivity index (χ3n) is 1.39. The van der Waals surface area contributed by atoms with Gasteiger partial charge in [-0.15, -0.1) is 0 Å². The van der Waals surface area contributed by atoms with Gasteiger partial charge in [0.05, 0.1) is 19.8 Å². The van der Waals surface area contributed by atoms with Crippen LogP contribution in [-0.2, 0) is 19.1 Å². The number of hydrogen-bond donors (Lipinski definition) is 0. The molecule has 0 rings (SSSR count). The first-order valence-electron chi connectivity index (χ1n) is 4.74. The number of hydroxylamine groups is 2. The predicted molar refractivity (Wildman–Crippen MR) is 56.2 cm³/mol. The van der Waals surface area contributed by atoms with Crippen LogP contribution in [0, 0.1) is 0 Å². The van der Waals surface area contributed by atoms with Gasteiger partial charge in [-0.2, -0.15) is 5.06 Å². The Morgan fingerprint density at radius 2 is 1.80 bits per heavy atom. The third-order valence-corrected chi connectivity index (χ3v) is 1.39. The van der Waals surface area contributed by atoms with Gasteiger partial charge in [-0.1, -0.05) is 6.58 Å². The van der Waals surface area contributed by atoms with Gasteiger partial charge in [-0.3, -0.25) is 4.84 Å². The molecule has 0 N–H and O–H groups in total. The van der Waals surface area contributed by atoms with Crippen LogP contribution in [-0.4, -0.2) is 51.6 Å². The molecular weight excluding hydrogens is 198 g/mol. The van der Waals surface area contributed by atoms with Crippen LogP contribution in [0.1, 0.15) is 6.92 Å². The van der Waals surface area contributed by atoms with E-state index in [0.717, 1.165) is 0 Å². The predicted octanol–water partition coefficient (Wildman–Crippen LogP) is 0.615. The van der Waals surface area contributed by atoms with Gasteiger partial charge < -0.3 is 9.47 Å². The van der Waals surface area contributed by atoms with E-state index in [0.29, 0.717) is 25.4 Å². The van der Waals surface area contributed by atoms with E-state index >= 15 is 0 Å². The average molecular weight is 217 g/mol. The standard InChI is InChI=1S/C10H19NO4/c1-9(2)10(12)14-7-5-13-6-8-15-11(3)4/h1,5-8H2,2-4H3. The van der Waals surface area contributed by atoms with Crippen LogP contribution in [0.3, 0.4) is 0 Å². The number of nitrogens with zero attached hydrogens (tertiary/aromatic N) is 1. The van der Waals surface area contributed by atoms with Gasteiger partial charge in [0.1, 0.15) is 6.61 Å². The minimum absolute atomic E-state index is 0.244. The quantitative estimate of drug-likeness (QED) is 0.258. The molecule has 5 nitrogen and oxygen atoms in total. The molecule has 0 fully saturated rings. The van der Waals surface area contributed by atoms with Crippen LogP contribution >= 0.6 is 0 Å². The molecule has 0 aromatic carbocycles. The molecule has 0 aliphatic rings. The fraction of sp³-hybridized carbons (Fsp3) is 0.700. The smallest absolute Gasteiger partial charge is 0.333 e. The lowest BCUT2D eigenvalue weighted by Gasteiger charge is -2.10. The van der Waals surface area contributed by atoms with Crippen molar-refractivity contribution in [3.63, 3.8) is 0 Å². The van der Waals surface area contributed by atoms with Crippen molar-refractivity contribution in [1.29, 1.82) is 0 Å². The van der Waals surface area contributed by atoms with Crippen LogP contribution in [0.25, 0.3) is 0 Å². The van der Waals surface area contributed by atoms with Crippen molar-refractivity contribution in [2.45, 2.75) is 6.92 Å². The van der Waals surface area contributed by atoms with Crippen molar-refractivity contribution in [1.82, 2.24) is 5.06 Å². The highest BCUT2D eigenvalue weighted by Crippen LogP contribution is 1.91. The van der Waals surface area contributed by atoms with Gasteiger partial charge in [0.2, 0.25) is 0 Å². The molecule has 0 aromatic rings. The topological polar surface area (TPSA) is 48.0 Å². The molecule has 0 saturated heterocycles. The molecule has 0 spiro atoms. The number of carbonyl (C=O) groups is 1. The van der Waals surface area contributed by atoms with Crippen LogP contribution < -0.4 is 0 Å². The fourth-order valence-corrected chi connectivity index (χ4v) is 0.697. The third kappa shape index (κ3) is 9.40. The van der Waals surface area contributed by atoms with Crippen molar-refractivity contribution < 1.29 is 19.1 Å². The first kappa shape index (κ1) is 14.1. The summed E-state index contributed by atoms with van der Waals surface area (Å²) in [4.78, 5) is 16.0. The monoisotopic (exact) mass is 217 g/mol. The lowest BCUT2D eigenvalue weighted by molar-refractivity contribution is -0.144. The van der Waals surface area contributed by atoms with Crippen molar-refractivity contribution in [3.8, 4) is 0 Å². The normalized spacial score (nSPS) is 10.4. The van der Waals surface area contributed by atoms with E-state index in [1.807, 2.05) is 0 Å². The van der Waals surface area contributed by atoms with Gasteiger partial charge in [0.15, 0.2) is 0 Å². The van der Waals surface area contributed by atoms with E-state index in [4.69, 9.17) is 14.3 Å². The lowest BCUT2D eigenvalue weighted by Crippen LogP contribution is -2.18. The molecule has 5 heteroatoms. The molecule has 0 heterocycles. The SMILES string of the molecule is C=C(C)C(=O)OCCOCCON(C)C. The molecule has 0 unspecified atom stereocenters. The lowest BCUT2D eigenvalue weighted by atomic mass is 10.4. The maximum Gasteiger partial charge on any atom is 0.333 e. The maximum absolute atomic E-state index is 10.9. The Hall–Kier alpha value is -0.910. The molecule has 0 aliphatic heterocycles. The van der Waals surface area contributed by atoms with Gasteiger partial charge in [-0.05, 0) is 6.92 Å². The second-order valence-corrected chi connectivity index (χ2v) is 3.17. The molecule has 0 bridgehead atoms. The Kier molecular flexibility index (Phi) is 7.89. The van der Waals surface area contributed by atoms with E-state index < -0.39 is 0 Å². The molecule has 0 aliphatic carbocycles.